The molecular formula is C22H26N4O2. The third-order valence-corrected chi connectivity index (χ3v) is 5.62. The Balaban J connectivity index is 1.48. The lowest BCUT2D eigenvalue weighted by Crippen LogP contribution is -2.33. The van der Waals surface area contributed by atoms with Gasteiger partial charge in [-0.3, -0.25) is 9.78 Å². The van der Waals surface area contributed by atoms with Crippen molar-refractivity contribution in [3.63, 3.8) is 0 Å². The molecule has 1 aliphatic rings. The number of fused-ring (bicyclic) bond motifs is 1. The molecule has 0 aromatic carbocycles. The lowest BCUT2D eigenvalue weighted by Gasteiger charge is -2.31. The zero-order valence-corrected chi connectivity index (χ0v) is 16.0. The minimum absolute atomic E-state index is 0.257. The van der Waals surface area contributed by atoms with Crippen LogP contribution in [0.5, 0.6) is 0 Å². The first kappa shape index (κ1) is 18.6. The molecule has 6 nitrogen and oxygen atoms in total. The molecule has 0 aliphatic carbocycles. The van der Waals surface area contributed by atoms with Gasteiger partial charge in [0.2, 0.25) is 0 Å². The number of aliphatic carboxylic acids is 1. The standard InChI is InChI=1S/C22H26N4O2/c27-21(28)7-4-12-25-13-8-17(9-14-25)20-16-26(15-18-5-1-2-10-23-18)22-19(20)6-3-11-24-22/h1-3,5-6,10-11,16-17H,4,7-9,12-15H2,(H,27,28). The van der Waals surface area contributed by atoms with Gasteiger partial charge in [0.25, 0.3) is 0 Å². The number of carbonyl (C=O) groups is 1. The fourth-order valence-electron chi connectivity index (χ4n) is 4.18. The highest BCUT2D eigenvalue weighted by atomic mass is 16.4. The zero-order chi connectivity index (χ0) is 19.3. The number of aromatic nitrogens is 3. The van der Waals surface area contributed by atoms with E-state index in [2.05, 4.69) is 31.7 Å². The SMILES string of the molecule is O=C(O)CCCN1CCC(c2cn(Cc3ccccn3)c3ncccc23)CC1. The minimum Gasteiger partial charge on any atom is -0.481 e. The Kier molecular flexibility index (Phi) is 5.67. The normalized spacial score (nSPS) is 15.9. The molecule has 1 saturated heterocycles. The van der Waals surface area contributed by atoms with Crippen LogP contribution in [0.1, 0.15) is 42.9 Å². The van der Waals surface area contributed by atoms with Crippen molar-refractivity contribution in [2.75, 3.05) is 19.6 Å². The average Bonchev–Trinajstić information content (AvgIpc) is 3.08. The number of pyridine rings is 2. The summed E-state index contributed by atoms with van der Waals surface area (Å²) >= 11 is 0. The van der Waals surface area contributed by atoms with Crippen LogP contribution in [-0.4, -0.2) is 50.1 Å². The molecule has 0 atom stereocenters. The van der Waals surface area contributed by atoms with Crippen LogP contribution < -0.4 is 0 Å². The predicted molar refractivity (Wildman–Crippen MR) is 108 cm³/mol. The smallest absolute Gasteiger partial charge is 0.303 e. The molecule has 4 heterocycles. The number of nitrogens with zero attached hydrogens (tertiary/aromatic N) is 4. The van der Waals surface area contributed by atoms with E-state index in [1.165, 1.54) is 10.9 Å². The quantitative estimate of drug-likeness (QED) is 0.681. The van der Waals surface area contributed by atoms with Gasteiger partial charge in [0.05, 0.1) is 12.2 Å². The van der Waals surface area contributed by atoms with Gasteiger partial charge in [0.15, 0.2) is 0 Å². The van der Waals surface area contributed by atoms with Crippen molar-refractivity contribution in [2.24, 2.45) is 0 Å². The van der Waals surface area contributed by atoms with Crippen molar-refractivity contribution in [2.45, 2.75) is 38.1 Å². The molecule has 4 rings (SSSR count). The number of piperidine rings is 1. The summed E-state index contributed by atoms with van der Waals surface area (Å²) < 4.78 is 2.21. The van der Waals surface area contributed by atoms with E-state index in [0.29, 0.717) is 5.92 Å². The topological polar surface area (TPSA) is 71.2 Å². The van der Waals surface area contributed by atoms with Gasteiger partial charge in [-0.05, 0) is 74.6 Å². The van der Waals surface area contributed by atoms with Crippen molar-refractivity contribution < 1.29 is 9.90 Å². The third-order valence-electron chi connectivity index (χ3n) is 5.62. The van der Waals surface area contributed by atoms with Crippen molar-refractivity contribution in [3.8, 4) is 0 Å². The maximum Gasteiger partial charge on any atom is 0.303 e. The van der Waals surface area contributed by atoms with Crippen LogP contribution >= 0.6 is 0 Å². The number of rotatable bonds is 7. The van der Waals surface area contributed by atoms with Gasteiger partial charge in [0, 0.05) is 30.4 Å². The second-order valence-corrected chi connectivity index (χ2v) is 7.52. The lowest BCUT2D eigenvalue weighted by atomic mass is 9.89. The molecule has 1 fully saturated rings. The highest BCUT2D eigenvalue weighted by Gasteiger charge is 2.24. The molecule has 6 heteroatoms. The van der Waals surface area contributed by atoms with Crippen LogP contribution in [0.25, 0.3) is 11.0 Å². The molecule has 0 spiro atoms. The van der Waals surface area contributed by atoms with E-state index in [4.69, 9.17) is 5.11 Å². The number of hydrogen-bond donors (Lipinski definition) is 1. The number of hydrogen-bond acceptors (Lipinski definition) is 4. The summed E-state index contributed by atoms with van der Waals surface area (Å²) in [6, 6.07) is 10.2. The van der Waals surface area contributed by atoms with E-state index in [0.717, 1.165) is 56.8 Å². The van der Waals surface area contributed by atoms with Gasteiger partial charge >= 0.3 is 5.97 Å². The molecular weight excluding hydrogens is 352 g/mol. The first-order valence-corrected chi connectivity index (χ1v) is 9.98. The molecule has 0 radical (unpaired) electrons. The molecule has 3 aromatic heterocycles. The summed E-state index contributed by atoms with van der Waals surface area (Å²) in [5.74, 6) is -0.185. The first-order valence-electron chi connectivity index (χ1n) is 9.98. The van der Waals surface area contributed by atoms with Crippen LogP contribution in [0.4, 0.5) is 0 Å². The summed E-state index contributed by atoms with van der Waals surface area (Å²) in [6.45, 7) is 3.65. The molecule has 0 bridgehead atoms. The highest BCUT2D eigenvalue weighted by molar-refractivity contribution is 5.81. The van der Waals surface area contributed by atoms with Crippen LogP contribution in [0.15, 0.2) is 48.9 Å². The first-order chi connectivity index (χ1) is 13.7. The van der Waals surface area contributed by atoms with Gasteiger partial charge in [-0.2, -0.15) is 0 Å². The van der Waals surface area contributed by atoms with Gasteiger partial charge in [-0.15, -0.1) is 0 Å². The summed E-state index contributed by atoms with van der Waals surface area (Å²) in [7, 11) is 0. The molecule has 0 amide bonds. The third kappa shape index (κ3) is 4.22. The fraction of sp³-hybridized carbons (Fsp3) is 0.409. The highest BCUT2D eigenvalue weighted by Crippen LogP contribution is 2.34. The van der Waals surface area contributed by atoms with E-state index in [9.17, 15) is 4.79 Å². The van der Waals surface area contributed by atoms with Crippen molar-refractivity contribution in [3.05, 3.63) is 60.2 Å². The second kappa shape index (κ2) is 8.52. The summed E-state index contributed by atoms with van der Waals surface area (Å²) in [5, 5.41) is 10.0. The van der Waals surface area contributed by atoms with Crippen molar-refractivity contribution >= 4 is 17.0 Å². The fourth-order valence-corrected chi connectivity index (χ4v) is 4.18. The molecule has 28 heavy (non-hydrogen) atoms. The van der Waals surface area contributed by atoms with E-state index in [1.54, 1.807) is 0 Å². The Morgan fingerprint density at radius 1 is 1.11 bits per heavy atom. The Labute approximate surface area is 164 Å². The Morgan fingerprint density at radius 3 is 2.68 bits per heavy atom. The van der Waals surface area contributed by atoms with Crippen molar-refractivity contribution in [1.29, 1.82) is 0 Å². The van der Waals surface area contributed by atoms with E-state index in [1.807, 2.05) is 36.7 Å². The maximum atomic E-state index is 10.7. The summed E-state index contributed by atoms with van der Waals surface area (Å²) in [6.07, 6.45) is 9.13. The molecule has 1 aliphatic heterocycles. The minimum atomic E-state index is -0.705. The number of carboxylic acids is 1. The van der Waals surface area contributed by atoms with E-state index in [-0.39, 0.29) is 6.42 Å². The Bertz CT molecular complexity index is 930. The van der Waals surface area contributed by atoms with Crippen LogP contribution in [0.3, 0.4) is 0 Å². The van der Waals surface area contributed by atoms with Gasteiger partial charge in [-0.1, -0.05) is 6.07 Å². The molecule has 1 N–H and O–H groups in total. The zero-order valence-electron chi connectivity index (χ0n) is 16.0. The van der Waals surface area contributed by atoms with Gasteiger partial charge < -0.3 is 14.6 Å². The summed E-state index contributed by atoms with van der Waals surface area (Å²) in [4.78, 5) is 22.2. The van der Waals surface area contributed by atoms with E-state index >= 15 is 0 Å². The van der Waals surface area contributed by atoms with Crippen LogP contribution in [-0.2, 0) is 11.3 Å². The predicted octanol–water partition coefficient (Wildman–Crippen LogP) is 3.52. The molecule has 0 saturated carbocycles. The molecule has 146 valence electrons. The second-order valence-electron chi connectivity index (χ2n) is 7.52. The van der Waals surface area contributed by atoms with Crippen molar-refractivity contribution in [1.82, 2.24) is 19.4 Å². The van der Waals surface area contributed by atoms with Crippen LogP contribution in [0.2, 0.25) is 0 Å². The lowest BCUT2D eigenvalue weighted by molar-refractivity contribution is -0.137. The van der Waals surface area contributed by atoms with Gasteiger partial charge in [-0.25, -0.2) is 4.98 Å². The average molecular weight is 378 g/mol. The maximum absolute atomic E-state index is 10.7. The monoisotopic (exact) mass is 378 g/mol. The number of carboxylic acid groups (broad SMARTS) is 1. The largest absolute Gasteiger partial charge is 0.481 e. The van der Waals surface area contributed by atoms with Crippen LogP contribution in [0, 0.1) is 0 Å². The Hall–Kier alpha value is -2.73. The molecule has 0 unspecified atom stereocenters. The Morgan fingerprint density at radius 2 is 1.93 bits per heavy atom. The molecule has 3 aromatic rings. The van der Waals surface area contributed by atoms with E-state index < -0.39 is 5.97 Å². The number of likely N-dealkylation sites (tertiary alicyclic amines) is 1. The summed E-state index contributed by atoms with van der Waals surface area (Å²) in [5.41, 5.74) is 3.43. The van der Waals surface area contributed by atoms with Gasteiger partial charge in [0.1, 0.15) is 5.65 Å².